The van der Waals surface area contributed by atoms with Crippen molar-refractivity contribution >= 4 is 5.97 Å². The van der Waals surface area contributed by atoms with Gasteiger partial charge in [-0.15, -0.1) is 6.58 Å². The zero-order valence-corrected chi connectivity index (χ0v) is 9.00. The van der Waals surface area contributed by atoms with Gasteiger partial charge in [0.15, 0.2) is 0 Å². The van der Waals surface area contributed by atoms with Crippen LogP contribution in [0.15, 0.2) is 12.7 Å². The van der Waals surface area contributed by atoms with Gasteiger partial charge in [0.25, 0.3) is 0 Å². The van der Waals surface area contributed by atoms with Crippen LogP contribution in [0.5, 0.6) is 0 Å². The molecular formula is C12H20O2. The van der Waals surface area contributed by atoms with Gasteiger partial charge < -0.3 is 4.74 Å². The Bertz CT molecular complexity index is 190. The third-order valence-electron chi connectivity index (χ3n) is 2.88. The van der Waals surface area contributed by atoms with Crippen LogP contribution in [-0.4, -0.2) is 12.1 Å². The number of esters is 1. The molecule has 0 aromatic heterocycles. The molecule has 0 aromatic carbocycles. The van der Waals surface area contributed by atoms with E-state index in [0.29, 0.717) is 6.42 Å². The Labute approximate surface area is 86.3 Å². The number of allylic oxidation sites excluding steroid dienone is 1. The number of hydrogen-bond donors (Lipinski definition) is 0. The highest BCUT2D eigenvalue weighted by Gasteiger charge is 2.22. The SMILES string of the molecule is C=CCC1CCC(OC(=O)CC)CC1. The van der Waals surface area contributed by atoms with Crippen molar-refractivity contribution in [1.82, 2.24) is 0 Å². The predicted octanol–water partition coefficient (Wildman–Crippen LogP) is 3.07. The summed E-state index contributed by atoms with van der Waals surface area (Å²) in [6.45, 7) is 5.59. The summed E-state index contributed by atoms with van der Waals surface area (Å²) in [5, 5.41) is 0. The minimum Gasteiger partial charge on any atom is -0.462 e. The van der Waals surface area contributed by atoms with Crippen molar-refractivity contribution < 1.29 is 9.53 Å². The maximum Gasteiger partial charge on any atom is 0.305 e. The van der Waals surface area contributed by atoms with Gasteiger partial charge in [-0.25, -0.2) is 0 Å². The van der Waals surface area contributed by atoms with Crippen LogP contribution in [0, 0.1) is 5.92 Å². The van der Waals surface area contributed by atoms with Crippen LogP contribution < -0.4 is 0 Å². The first kappa shape index (κ1) is 11.3. The third kappa shape index (κ3) is 3.52. The number of carbonyl (C=O) groups excluding carboxylic acids is 1. The van der Waals surface area contributed by atoms with Gasteiger partial charge in [-0.2, -0.15) is 0 Å². The number of rotatable bonds is 4. The monoisotopic (exact) mass is 196 g/mol. The fourth-order valence-electron chi connectivity index (χ4n) is 1.99. The van der Waals surface area contributed by atoms with Crippen molar-refractivity contribution in [2.45, 2.75) is 51.6 Å². The van der Waals surface area contributed by atoms with E-state index < -0.39 is 0 Å². The molecule has 2 heteroatoms. The average molecular weight is 196 g/mol. The van der Waals surface area contributed by atoms with Crippen LogP contribution in [0.25, 0.3) is 0 Å². The molecule has 1 aliphatic carbocycles. The molecule has 0 spiro atoms. The Balaban J connectivity index is 2.21. The van der Waals surface area contributed by atoms with Crippen LogP contribution >= 0.6 is 0 Å². The normalized spacial score (nSPS) is 26.9. The van der Waals surface area contributed by atoms with E-state index in [1.165, 1.54) is 12.8 Å². The smallest absolute Gasteiger partial charge is 0.305 e. The van der Waals surface area contributed by atoms with Crippen molar-refractivity contribution in [2.75, 3.05) is 0 Å². The topological polar surface area (TPSA) is 26.3 Å². The Hall–Kier alpha value is -0.790. The Morgan fingerprint density at radius 1 is 1.43 bits per heavy atom. The summed E-state index contributed by atoms with van der Waals surface area (Å²) in [5.74, 6) is 0.709. The summed E-state index contributed by atoms with van der Waals surface area (Å²) < 4.78 is 5.30. The molecule has 0 saturated heterocycles. The van der Waals surface area contributed by atoms with Gasteiger partial charge in [-0.1, -0.05) is 13.0 Å². The Kier molecular flexibility index (Phi) is 4.71. The number of hydrogen-bond acceptors (Lipinski definition) is 2. The molecule has 1 rings (SSSR count). The van der Waals surface area contributed by atoms with E-state index >= 15 is 0 Å². The van der Waals surface area contributed by atoms with E-state index in [2.05, 4.69) is 6.58 Å². The lowest BCUT2D eigenvalue weighted by Crippen LogP contribution is -2.23. The van der Waals surface area contributed by atoms with Gasteiger partial charge >= 0.3 is 5.97 Å². The van der Waals surface area contributed by atoms with E-state index in [-0.39, 0.29) is 12.1 Å². The molecule has 0 N–H and O–H groups in total. The third-order valence-corrected chi connectivity index (χ3v) is 2.88. The number of carbonyl (C=O) groups is 1. The molecule has 1 aliphatic rings. The first-order valence-corrected chi connectivity index (χ1v) is 5.56. The van der Waals surface area contributed by atoms with Crippen molar-refractivity contribution in [1.29, 1.82) is 0 Å². The molecule has 80 valence electrons. The average Bonchev–Trinajstić information content (AvgIpc) is 2.21. The lowest BCUT2D eigenvalue weighted by Gasteiger charge is -2.27. The van der Waals surface area contributed by atoms with E-state index in [1.807, 2.05) is 13.0 Å². The van der Waals surface area contributed by atoms with Crippen LogP contribution in [0.2, 0.25) is 0 Å². The maximum absolute atomic E-state index is 11.0. The predicted molar refractivity (Wildman–Crippen MR) is 56.9 cm³/mol. The summed E-state index contributed by atoms with van der Waals surface area (Å²) in [4.78, 5) is 11.0. The fraction of sp³-hybridized carbons (Fsp3) is 0.750. The summed E-state index contributed by atoms with van der Waals surface area (Å²) in [5.41, 5.74) is 0. The second-order valence-electron chi connectivity index (χ2n) is 4.01. The van der Waals surface area contributed by atoms with Crippen LogP contribution in [0.4, 0.5) is 0 Å². The highest BCUT2D eigenvalue weighted by atomic mass is 16.5. The summed E-state index contributed by atoms with van der Waals surface area (Å²) in [6, 6.07) is 0. The molecule has 0 amide bonds. The molecule has 1 saturated carbocycles. The molecular weight excluding hydrogens is 176 g/mol. The van der Waals surface area contributed by atoms with Crippen LogP contribution in [0.3, 0.4) is 0 Å². The van der Waals surface area contributed by atoms with Crippen LogP contribution in [-0.2, 0) is 9.53 Å². The molecule has 0 heterocycles. The summed E-state index contributed by atoms with van der Waals surface area (Å²) >= 11 is 0. The van der Waals surface area contributed by atoms with E-state index in [9.17, 15) is 4.79 Å². The lowest BCUT2D eigenvalue weighted by molar-refractivity contribution is -0.150. The van der Waals surface area contributed by atoms with Crippen molar-refractivity contribution in [3.05, 3.63) is 12.7 Å². The largest absolute Gasteiger partial charge is 0.462 e. The first-order valence-electron chi connectivity index (χ1n) is 5.56. The van der Waals surface area contributed by atoms with Gasteiger partial charge in [-0.05, 0) is 38.0 Å². The van der Waals surface area contributed by atoms with E-state index in [1.54, 1.807) is 0 Å². The van der Waals surface area contributed by atoms with Gasteiger partial charge in [-0.3, -0.25) is 4.79 Å². The summed E-state index contributed by atoms with van der Waals surface area (Å²) in [6.07, 6.45) is 8.18. The molecule has 0 unspecified atom stereocenters. The molecule has 0 aliphatic heterocycles. The molecule has 14 heavy (non-hydrogen) atoms. The Morgan fingerprint density at radius 3 is 2.57 bits per heavy atom. The standard InChI is InChI=1S/C12H20O2/c1-3-5-10-6-8-11(9-7-10)14-12(13)4-2/h3,10-11H,1,4-9H2,2H3. The zero-order valence-electron chi connectivity index (χ0n) is 9.00. The van der Waals surface area contributed by atoms with E-state index in [4.69, 9.17) is 4.74 Å². The molecule has 0 atom stereocenters. The highest BCUT2D eigenvalue weighted by molar-refractivity contribution is 5.69. The lowest BCUT2D eigenvalue weighted by atomic mass is 9.85. The summed E-state index contributed by atoms with van der Waals surface area (Å²) in [7, 11) is 0. The van der Waals surface area contributed by atoms with Gasteiger partial charge in [0.1, 0.15) is 6.10 Å². The maximum atomic E-state index is 11.0. The highest BCUT2D eigenvalue weighted by Crippen LogP contribution is 2.28. The van der Waals surface area contributed by atoms with Gasteiger partial charge in [0.2, 0.25) is 0 Å². The van der Waals surface area contributed by atoms with Crippen LogP contribution in [0.1, 0.15) is 45.4 Å². The fourth-order valence-corrected chi connectivity index (χ4v) is 1.99. The molecule has 0 bridgehead atoms. The molecule has 2 nitrogen and oxygen atoms in total. The Morgan fingerprint density at radius 2 is 2.07 bits per heavy atom. The molecule has 0 radical (unpaired) electrons. The van der Waals surface area contributed by atoms with Gasteiger partial charge in [0.05, 0.1) is 0 Å². The zero-order chi connectivity index (χ0) is 10.4. The van der Waals surface area contributed by atoms with Gasteiger partial charge in [0, 0.05) is 6.42 Å². The minimum absolute atomic E-state index is 0.0582. The van der Waals surface area contributed by atoms with E-state index in [0.717, 1.165) is 25.2 Å². The van der Waals surface area contributed by atoms with Crippen molar-refractivity contribution in [3.63, 3.8) is 0 Å². The first-order chi connectivity index (χ1) is 6.76. The molecule has 0 aromatic rings. The minimum atomic E-state index is -0.0582. The van der Waals surface area contributed by atoms with Crippen molar-refractivity contribution in [3.8, 4) is 0 Å². The quantitative estimate of drug-likeness (QED) is 0.510. The molecule has 1 fully saturated rings. The second-order valence-corrected chi connectivity index (χ2v) is 4.01. The second kappa shape index (κ2) is 5.84. The number of ether oxygens (including phenoxy) is 1. The van der Waals surface area contributed by atoms with Crippen molar-refractivity contribution in [2.24, 2.45) is 5.92 Å².